The van der Waals surface area contributed by atoms with Crippen LogP contribution in [0.25, 0.3) is 0 Å². The molecule has 0 spiro atoms. The summed E-state index contributed by atoms with van der Waals surface area (Å²) in [5.41, 5.74) is 1.56. The number of hydrogen-bond acceptors (Lipinski definition) is 6. The van der Waals surface area contributed by atoms with E-state index >= 15 is 0 Å². The van der Waals surface area contributed by atoms with E-state index in [4.69, 9.17) is 5.84 Å². The lowest BCUT2D eigenvalue weighted by Crippen LogP contribution is -2.14. The molecule has 0 aliphatic carbocycles. The first kappa shape index (κ1) is 12.4. The Morgan fingerprint density at radius 2 is 1.94 bits per heavy atom. The Hall–Kier alpha value is -2.07. The van der Waals surface area contributed by atoms with E-state index in [9.17, 15) is 13.3 Å². The first-order valence-corrected chi connectivity index (χ1v) is 6.92. The van der Waals surface area contributed by atoms with Crippen molar-refractivity contribution in [3.63, 3.8) is 0 Å². The van der Waals surface area contributed by atoms with E-state index in [1.807, 2.05) is 0 Å². The van der Waals surface area contributed by atoms with Crippen molar-refractivity contribution in [1.29, 1.82) is 0 Å². The number of nitrogens with two attached hydrogens (primary N) is 1. The van der Waals surface area contributed by atoms with Crippen molar-refractivity contribution in [2.75, 3.05) is 4.72 Å². The van der Waals surface area contributed by atoms with Crippen molar-refractivity contribution in [1.82, 2.24) is 9.36 Å². The summed E-state index contributed by atoms with van der Waals surface area (Å²) in [5, 5.41) is 0. The van der Waals surface area contributed by atoms with Crippen LogP contribution in [0.1, 0.15) is 0 Å². The highest BCUT2D eigenvalue weighted by molar-refractivity contribution is 7.92. The monoisotopic (exact) mass is 286 g/mol. The Bertz CT molecular complexity index is 651. The smallest absolute Gasteiger partial charge is 0.246 e. The maximum absolute atomic E-state index is 11.9. The molecule has 1 heterocycles. The molecule has 0 aliphatic rings. The second kappa shape index (κ2) is 4.66. The van der Waals surface area contributed by atoms with Crippen LogP contribution in [0.3, 0.4) is 0 Å². The molecule has 0 aliphatic heterocycles. The van der Waals surface area contributed by atoms with Gasteiger partial charge in [-0.05, 0) is 23.7 Å². The van der Waals surface area contributed by atoms with Crippen molar-refractivity contribution in [3.05, 3.63) is 34.7 Å². The standard InChI is InChI=1S/C8H8N5O3S2/c9-13(14)6-1-3-7(4-2-6)18(15,16)12-8-10-5-17-11-8/h1-5H,(H2,9,14)(H,11,12)/q+1. The van der Waals surface area contributed by atoms with E-state index < -0.39 is 10.0 Å². The number of nitrogens with one attached hydrogen (secondary N) is 1. The van der Waals surface area contributed by atoms with E-state index in [1.165, 1.54) is 29.8 Å². The van der Waals surface area contributed by atoms with Crippen molar-refractivity contribution >= 4 is 33.2 Å². The second-order valence-corrected chi connectivity index (χ2v) is 5.47. The molecule has 2 aromatic rings. The fraction of sp³-hybridized carbons (Fsp3) is 0. The summed E-state index contributed by atoms with van der Waals surface area (Å²) >= 11 is 1.03. The van der Waals surface area contributed by atoms with Gasteiger partial charge in [-0.3, -0.25) is 0 Å². The van der Waals surface area contributed by atoms with Crippen LogP contribution >= 0.6 is 11.5 Å². The SMILES string of the molecule is N[N+](=O)c1ccc(S(=O)(=O)Nc2ncsn2)cc1. The van der Waals surface area contributed by atoms with Crippen LogP contribution in [0.2, 0.25) is 0 Å². The number of hydrazine groups is 1. The highest BCUT2D eigenvalue weighted by Crippen LogP contribution is 2.17. The molecule has 18 heavy (non-hydrogen) atoms. The van der Waals surface area contributed by atoms with Gasteiger partial charge in [0, 0.05) is 12.1 Å². The molecule has 3 N–H and O–H groups in total. The number of rotatable bonds is 4. The fourth-order valence-electron chi connectivity index (χ4n) is 1.17. The largest absolute Gasteiger partial charge is 0.291 e. The van der Waals surface area contributed by atoms with Crippen LogP contribution < -0.4 is 10.6 Å². The molecule has 94 valence electrons. The van der Waals surface area contributed by atoms with Gasteiger partial charge in [0.1, 0.15) is 5.51 Å². The number of benzene rings is 1. The highest BCUT2D eigenvalue weighted by Gasteiger charge is 2.17. The lowest BCUT2D eigenvalue weighted by atomic mass is 10.3. The number of hydrogen-bond donors (Lipinski definition) is 2. The van der Waals surface area contributed by atoms with Gasteiger partial charge in [0.2, 0.25) is 5.95 Å². The minimum atomic E-state index is -3.76. The summed E-state index contributed by atoms with van der Waals surface area (Å²) in [7, 11) is -3.76. The fourth-order valence-corrected chi connectivity index (χ4v) is 2.56. The molecule has 1 aromatic heterocycles. The summed E-state index contributed by atoms with van der Waals surface area (Å²) in [5.74, 6) is 4.98. The summed E-state index contributed by atoms with van der Waals surface area (Å²) < 4.78 is 29.7. The molecular weight excluding hydrogens is 278 g/mol. The molecule has 0 fully saturated rings. The van der Waals surface area contributed by atoms with Gasteiger partial charge in [-0.25, -0.2) is 18.1 Å². The molecule has 0 amide bonds. The number of anilines is 1. The molecule has 10 heteroatoms. The van der Waals surface area contributed by atoms with E-state index in [0.717, 1.165) is 11.5 Å². The average molecular weight is 286 g/mol. The first-order valence-electron chi connectivity index (χ1n) is 4.60. The van der Waals surface area contributed by atoms with Crippen LogP contribution in [0, 0.1) is 4.91 Å². The van der Waals surface area contributed by atoms with E-state index in [1.54, 1.807) is 0 Å². The summed E-state index contributed by atoms with van der Waals surface area (Å²) in [6, 6.07) is 5.13. The van der Waals surface area contributed by atoms with Crippen molar-refractivity contribution in [3.8, 4) is 0 Å². The quantitative estimate of drug-likeness (QED) is 0.483. The average Bonchev–Trinajstić information content (AvgIpc) is 2.81. The summed E-state index contributed by atoms with van der Waals surface area (Å²) in [6.07, 6.45) is 0. The number of nitroso groups, excluding NO2 is 1. The molecule has 0 bridgehead atoms. The Morgan fingerprint density at radius 3 is 2.44 bits per heavy atom. The van der Waals surface area contributed by atoms with E-state index in [0.29, 0.717) is 0 Å². The van der Waals surface area contributed by atoms with Gasteiger partial charge in [0.25, 0.3) is 15.7 Å². The number of aromatic nitrogens is 2. The lowest BCUT2D eigenvalue weighted by molar-refractivity contribution is -0.474. The topological polar surface area (TPSA) is 118 Å². The maximum atomic E-state index is 11.9. The molecule has 2 rings (SSSR count). The second-order valence-electron chi connectivity index (χ2n) is 3.18. The number of sulfonamides is 1. The van der Waals surface area contributed by atoms with Crippen LogP contribution in [0.15, 0.2) is 34.7 Å². The van der Waals surface area contributed by atoms with Crippen LogP contribution in [-0.2, 0) is 10.0 Å². The van der Waals surface area contributed by atoms with Crippen LogP contribution in [0.4, 0.5) is 11.6 Å². The third-order valence-corrected chi connectivity index (χ3v) is 3.81. The van der Waals surface area contributed by atoms with Crippen molar-refractivity contribution < 1.29 is 13.3 Å². The van der Waals surface area contributed by atoms with Crippen LogP contribution in [0.5, 0.6) is 0 Å². The van der Waals surface area contributed by atoms with Gasteiger partial charge >= 0.3 is 0 Å². The third kappa shape index (κ3) is 2.60. The molecular formula is C8H8N5O3S2+. The number of nitrogens with zero attached hydrogens (tertiary/aromatic N) is 3. The normalized spacial score (nSPS) is 11.1. The van der Waals surface area contributed by atoms with E-state index in [-0.39, 0.29) is 21.4 Å². The Morgan fingerprint density at radius 1 is 1.28 bits per heavy atom. The zero-order chi connectivity index (χ0) is 13.2. The summed E-state index contributed by atoms with van der Waals surface area (Å²) in [4.78, 5) is 14.6. The minimum Gasteiger partial charge on any atom is -0.246 e. The van der Waals surface area contributed by atoms with Gasteiger partial charge in [-0.2, -0.15) is 10.2 Å². The predicted molar refractivity (Wildman–Crippen MR) is 64.6 cm³/mol. The highest BCUT2D eigenvalue weighted by atomic mass is 32.2. The van der Waals surface area contributed by atoms with Gasteiger partial charge < -0.3 is 0 Å². The molecule has 0 saturated heterocycles. The minimum absolute atomic E-state index is 0.00773. The van der Waals surface area contributed by atoms with Crippen molar-refractivity contribution in [2.24, 2.45) is 5.84 Å². The molecule has 0 radical (unpaired) electrons. The van der Waals surface area contributed by atoms with Gasteiger partial charge in [0.05, 0.1) is 9.80 Å². The zero-order valence-corrected chi connectivity index (χ0v) is 10.5. The molecule has 0 saturated carbocycles. The lowest BCUT2D eigenvalue weighted by Gasteiger charge is -2.03. The van der Waals surface area contributed by atoms with Gasteiger partial charge in [-0.1, -0.05) is 0 Å². The van der Waals surface area contributed by atoms with Crippen molar-refractivity contribution in [2.45, 2.75) is 4.90 Å². The van der Waals surface area contributed by atoms with Gasteiger partial charge in [0.15, 0.2) is 4.87 Å². The zero-order valence-electron chi connectivity index (χ0n) is 8.85. The first-order chi connectivity index (χ1) is 8.49. The Balaban J connectivity index is 2.27. The Kier molecular flexibility index (Phi) is 3.21. The van der Waals surface area contributed by atoms with E-state index in [2.05, 4.69) is 14.1 Å². The third-order valence-electron chi connectivity index (χ3n) is 1.99. The molecule has 0 atom stereocenters. The predicted octanol–water partition coefficient (Wildman–Crippen LogP) is 0.623. The molecule has 0 unspecified atom stereocenters. The summed E-state index contributed by atoms with van der Waals surface area (Å²) in [6.45, 7) is 0. The maximum Gasteiger partial charge on any atom is 0.291 e. The van der Waals surface area contributed by atoms with Crippen LogP contribution in [-0.4, -0.2) is 22.6 Å². The molecule has 1 aromatic carbocycles. The molecule has 8 nitrogen and oxygen atoms in total. The van der Waals surface area contributed by atoms with Gasteiger partial charge in [-0.15, -0.1) is 0 Å². The Labute approximate surface area is 106 Å².